The van der Waals surface area contributed by atoms with Gasteiger partial charge in [-0.05, 0) is 55.3 Å². The Morgan fingerprint density at radius 2 is 1.63 bits per heavy atom. The average Bonchev–Trinajstić information content (AvgIpc) is 2.73. The van der Waals surface area contributed by atoms with Crippen molar-refractivity contribution in [3.8, 4) is 11.5 Å². The molecular formula is C22H26ClF3N2O2. The molecule has 0 aromatic heterocycles. The second-order valence-corrected chi connectivity index (χ2v) is 7.69. The minimum Gasteiger partial charge on any atom is -0.493 e. The first-order chi connectivity index (χ1) is 14.3. The van der Waals surface area contributed by atoms with Gasteiger partial charge in [-0.25, -0.2) is 0 Å². The zero-order valence-corrected chi connectivity index (χ0v) is 17.9. The van der Waals surface area contributed by atoms with Crippen LogP contribution in [0.4, 0.5) is 18.9 Å². The lowest BCUT2D eigenvalue weighted by molar-refractivity contribution is -0.137. The molecule has 8 heteroatoms. The summed E-state index contributed by atoms with van der Waals surface area (Å²) in [7, 11) is 3.24. The van der Waals surface area contributed by atoms with Gasteiger partial charge in [0, 0.05) is 31.9 Å². The third-order valence-corrected chi connectivity index (χ3v) is 5.71. The van der Waals surface area contributed by atoms with E-state index in [2.05, 4.69) is 4.90 Å². The minimum absolute atomic E-state index is 0.264. The van der Waals surface area contributed by atoms with Gasteiger partial charge in [0.15, 0.2) is 11.5 Å². The van der Waals surface area contributed by atoms with Gasteiger partial charge in [-0.15, -0.1) is 0 Å². The summed E-state index contributed by atoms with van der Waals surface area (Å²) in [4.78, 5) is 4.33. The largest absolute Gasteiger partial charge is 0.493 e. The van der Waals surface area contributed by atoms with Gasteiger partial charge in [-0.3, -0.25) is 4.90 Å². The summed E-state index contributed by atoms with van der Waals surface area (Å²) in [6, 6.07) is 10.1. The summed E-state index contributed by atoms with van der Waals surface area (Å²) in [5.74, 6) is 1.44. The van der Waals surface area contributed by atoms with Crippen LogP contribution < -0.4 is 14.4 Å². The van der Waals surface area contributed by atoms with Crippen molar-refractivity contribution in [2.75, 3.05) is 51.8 Å². The fraction of sp³-hybridized carbons (Fsp3) is 0.455. The lowest BCUT2D eigenvalue weighted by Gasteiger charge is -2.36. The maximum atomic E-state index is 13.1. The van der Waals surface area contributed by atoms with Crippen molar-refractivity contribution in [1.29, 1.82) is 0 Å². The van der Waals surface area contributed by atoms with E-state index in [4.69, 9.17) is 21.1 Å². The molecule has 0 atom stereocenters. The van der Waals surface area contributed by atoms with E-state index >= 15 is 0 Å². The monoisotopic (exact) mass is 442 g/mol. The van der Waals surface area contributed by atoms with Crippen molar-refractivity contribution in [1.82, 2.24) is 4.90 Å². The summed E-state index contributed by atoms with van der Waals surface area (Å²) in [5.41, 5.74) is 0.975. The van der Waals surface area contributed by atoms with Gasteiger partial charge in [-0.2, -0.15) is 13.2 Å². The third kappa shape index (κ3) is 5.52. The van der Waals surface area contributed by atoms with Crippen molar-refractivity contribution in [2.24, 2.45) is 0 Å². The highest BCUT2D eigenvalue weighted by Gasteiger charge is 2.34. The highest BCUT2D eigenvalue weighted by atomic mass is 35.5. The van der Waals surface area contributed by atoms with E-state index in [1.807, 2.05) is 23.1 Å². The summed E-state index contributed by atoms with van der Waals surface area (Å²) in [6.45, 7) is 3.95. The number of aryl methyl sites for hydroxylation is 1. The first-order valence-corrected chi connectivity index (χ1v) is 10.2. The highest BCUT2D eigenvalue weighted by molar-refractivity contribution is 6.31. The van der Waals surface area contributed by atoms with Gasteiger partial charge in [0.25, 0.3) is 0 Å². The van der Waals surface area contributed by atoms with Crippen LogP contribution in [-0.2, 0) is 12.6 Å². The number of methoxy groups -OCH3 is 2. The highest BCUT2D eigenvalue weighted by Crippen LogP contribution is 2.37. The lowest BCUT2D eigenvalue weighted by Crippen LogP contribution is -2.46. The fourth-order valence-electron chi connectivity index (χ4n) is 3.70. The standard InChI is InChI=1S/C22H26ClF3N2O2/c1-29-20-8-5-16(14-21(20)30-2)4-3-9-27-10-12-28(13-11-27)17-6-7-19(23)18(15-17)22(24,25)26/h5-8,14-15H,3-4,9-13H2,1-2H3. The van der Waals surface area contributed by atoms with Crippen molar-refractivity contribution in [3.63, 3.8) is 0 Å². The Labute approximate surface area is 180 Å². The molecule has 0 bridgehead atoms. The van der Waals surface area contributed by atoms with Gasteiger partial charge in [-0.1, -0.05) is 17.7 Å². The Balaban J connectivity index is 1.50. The summed E-state index contributed by atoms with van der Waals surface area (Å²) in [5, 5.41) is -0.264. The maximum Gasteiger partial charge on any atom is 0.417 e. The molecule has 1 fully saturated rings. The minimum atomic E-state index is -4.45. The molecule has 0 aliphatic carbocycles. The smallest absolute Gasteiger partial charge is 0.417 e. The zero-order valence-electron chi connectivity index (χ0n) is 17.1. The Morgan fingerprint density at radius 1 is 0.933 bits per heavy atom. The molecule has 0 spiro atoms. The first-order valence-electron chi connectivity index (χ1n) is 9.87. The number of ether oxygens (including phenoxy) is 2. The fourth-order valence-corrected chi connectivity index (χ4v) is 3.92. The molecule has 1 heterocycles. The van der Waals surface area contributed by atoms with E-state index < -0.39 is 11.7 Å². The van der Waals surface area contributed by atoms with E-state index in [-0.39, 0.29) is 5.02 Å². The summed E-state index contributed by atoms with van der Waals surface area (Å²) in [6.07, 6.45) is -2.53. The molecule has 3 rings (SSSR count). The van der Waals surface area contributed by atoms with E-state index in [9.17, 15) is 13.2 Å². The second kappa shape index (κ2) is 9.79. The molecular weight excluding hydrogens is 417 g/mol. The molecule has 164 valence electrons. The van der Waals surface area contributed by atoms with E-state index in [1.165, 1.54) is 11.6 Å². The number of anilines is 1. The quantitative estimate of drug-likeness (QED) is 0.593. The molecule has 0 amide bonds. The molecule has 1 saturated heterocycles. The Kier molecular flexibility index (Phi) is 7.36. The van der Waals surface area contributed by atoms with E-state index in [0.29, 0.717) is 24.5 Å². The molecule has 0 radical (unpaired) electrons. The lowest BCUT2D eigenvalue weighted by atomic mass is 10.1. The van der Waals surface area contributed by atoms with Crippen LogP contribution in [0.15, 0.2) is 36.4 Å². The van der Waals surface area contributed by atoms with Crippen molar-refractivity contribution >= 4 is 17.3 Å². The Morgan fingerprint density at radius 3 is 2.27 bits per heavy atom. The summed E-state index contributed by atoms with van der Waals surface area (Å²) < 4.78 is 49.9. The predicted octanol–water partition coefficient (Wildman–Crippen LogP) is 5.13. The van der Waals surface area contributed by atoms with Gasteiger partial charge in [0.05, 0.1) is 24.8 Å². The number of benzene rings is 2. The molecule has 1 aliphatic heterocycles. The van der Waals surface area contributed by atoms with Crippen LogP contribution >= 0.6 is 11.6 Å². The molecule has 0 N–H and O–H groups in total. The van der Waals surface area contributed by atoms with Crippen LogP contribution in [0.1, 0.15) is 17.5 Å². The summed E-state index contributed by atoms with van der Waals surface area (Å²) >= 11 is 5.73. The molecule has 2 aromatic carbocycles. The van der Waals surface area contributed by atoms with Crippen LogP contribution in [0, 0.1) is 0 Å². The SMILES string of the molecule is COc1ccc(CCCN2CCN(c3ccc(Cl)c(C(F)(F)F)c3)CC2)cc1OC. The van der Waals surface area contributed by atoms with Crippen molar-refractivity contribution in [3.05, 3.63) is 52.5 Å². The van der Waals surface area contributed by atoms with Crippen LogP contribution in [0.3, 0.4) is 0 Å². The third-order valence-electron chi connectivity index (χ3n) is 5.38. The van der Waals surface area contributed by atoms with Gasteiger partial charge in [0.1, 0.15) is 0 Å². The molecule has 0 saturated carbocycles. The van der Waals surface area contributed by atoms with Crippen LogP contribution in [0.25, 0.3) is 0 Å². The first kappa shape index (κ1) is 22.6. The van der Waals surface area contributed by atoms with Crippen LogP contribution in [0.5, 0.6) is 11.5 Å². The molecule has 4 nitrogen and oxygen atoms in total. The van der Waals surface area contributed by atoms with Gasteiger partial charge >= 0.3 is 6.18 Å². The zero-order chi connectivity index (χ0) is 21.7. The molecule has 0 unspecified atom stereocenters. The predicted molar refractivity (Wildman–Crippen MR) is 113 cm³/mol. The topological polar surface area (TPSA) is 24.9 Å². The normalized spacial score (nSPS) is 15.3. The number of hydrogen-bond acceptors (Lipinski definition) is 4. The Hall–Kier alpha value is -2.12. The maximum absolute atomic E-state index is 13.1. The van der Waals surface area contributed by atoms with Crippen molar-refractivity contribution in [2.45, 2.75) is 19.0 Å². The van der Waals surface area contributed by atoms with Crippen molar-refractivity contribution < 1.29 is 22.6 Å². The second-order valence-electron chi connectivity index (χ2n) is 7.28. The number of alkyl halides is 3. The Bertz CT molecular complexity index is 853. The van der Waals surface area contributed by atoms with Crippen LogP contribution in [-0.4, -0.2) is 51.8 Å². The number of piperazine rings is 1. The van der Waals surface area contributed by atoms with Gasteiger partial charge in [0.2, 0.25) is 0 Å². The average molecular weight is 443 g/mol. The van der Waals surface area contributed by atoms with E-state index in [0.717, 1.165) is 44.3 Å². The molecule has 1 aliphatic rings. The van der Waals surface area contributed by atoms with Crippen LogP contribution in [0.2, 0.25) is 5.02 Å². The number of nitrogens with zero attached hydrogens (tertiary/aromatic N) is 2. The number of halogens is 4. The van der Waals surface area contributed by atoms with Gasteiger partial charge < -0.3 is 14.4 Å². The number of rotatable bonds is 7. The molecule has 30 heavy (non-hydrogen) atoms. The number of hydrogen-bond donors (Lipinski definition) is 0. The van der Waals surface area contributed by atoms with E-state index in [1.54, 1.807) is 20.3 Å². The molecule has 2 aromatic rings.